The molecule has 0 bridgehead atoms. The Labute approximate surface area is 105 Å². The van der Waals surface area contributed by atoms with E-state index in [1.807, 2.05) is 6.92 Å². The molecule has 0 aromatic carbocycles. The molecule has 0 spiro atoms. The first kappa shape index (κ1) is 13.1. The quantitative estimate of drug-likeness (QED) is 0.690. The van der Waals surface area contributed by atoms with Gasteiger partial charge in [-0.05, 0) is 63.2 Å². The average molecular weight is 238 g/mol. The zero-order chi connectivity index (χ0) is 12.8. The van der Waals surface area contributed by atoms with Crippen molar-refractivity contribution in [2.24, 2.45) is 17.3 Å². The van der Waals surface area contributed by atoms with Gasteiger partial charge in [0.15, 0.2) is 0 Å². The van der Waals surface area contributed by atoms with E-state index in [9.17, 15) is 10.2 Å². The molecule has 2 rings (SSSR count). The minimum absolute atomic E-state index is 0.203. The van der Waals surface area contributed by atoms with Gasteiger partial charge in [0.25, 0.3) is 0 Å². The Morgan fingerprint density at radius 2 is 1.82 bits per heavy atom. The smallest absolute Gasteiger partial charge is 0.0910 e. The molecule has 98 valence electrons. The molecule has 0 aliphatic heterocycles. The van der Waals surface area contributed by atoms with Gasteiger partial charge in [0.2, 0.25) is 0 Å². The topological polar surface area (TPSA) is 40.5 Å². The molecule has 0 aromatic rings. The fourth-order valence-electron chi connectivity index (χ4n) is 4.05. The Balaban J connectivity index is 2.25. The van der Waals surface area contributed by atoms with Crippen LogP contribution in [-0.4, -0.2) is 21.9 Å². The average Bonchev–Trinajstić information content (AvgIpc) is 2.24. The highest BCUT2D eigenvalue weighted by Gasteiger charge is 2.54. The van der Waals surface area contributed by atoms with Crippen molar-refractivity contribution < 1.29 is 10.2 Å². The van der Waals surface area contributed by atoms with E-state index in [1.165, 1.54) is 12.0 Å². The Bertz CT molecular complexity index is 316. The second kappa shape index (κ2) is 4.10. The van der Waals surface area contributed by atoms with Gasteiger partial charge in [-0.25, -0.2) is 0 Å². The summed E-state index contributed by atoms with van der Waals surface area (Å²) in [6.07, 6.45) is 4.53. The number of fused-ring (bicyclic) bond motifs is 1. The molecule has 2 N–H and O–H groups in total. The lowest BCUT2D eigenvalue weighted by Crippen LogP contribution is -2.58. The van der Waals surface area contributed by atoms with Gasteiger partial charge in [0.1, 0.15) is 0 Å². The normalized spacial score (nSPS) is 50.8. The fourth-order valence-corrected chi connectivity index (χ4v) is 4.05. The van der Waals surface area contributed by atoms with Gasteiger partial charge < -0.3 is 10.2 Å². The summed E-state index contributed by atoms with van der Waals surface area (Å²) >= 11 is 0. The third-order valence-corrected chi connectivity index (χ3v) is 5.49. The molecule has 2 aliphatic rings. The number of hydrogen-bond acceptors (Lipinski definition) is 2. The number of hydrogen-bond donors (Lipinski definition) is 2. The van der Waals surface area contributed by atoms with E-state index < -0.39 is 11.7 Å². The molecule has 0 aromatic heterocycles. The van der Waals surface area contributed by atoms with Gasteiger partial charge in [-0.15, -0.1) is 0 Å². The first-order chi connectivity index (χ1) is 7.77. The van der Waals surface area contributed by atoms with Crippen molar-refractivity contribution in [3.8, 4) is 0 Å². The minimum atomic E-state index is -0.929. The van der Waals surface area contributed by atoms with Crippen molar-refractivity contribution in [1.82, 2.24) is 0 Å². The predicted octanol–water partition coefficient (Wildman–Crippen LogP) is 2.89. The largest absolute Gasteiger partial charge is 0.390 e. The summed E-state index contributed by atoms with van der Waals surface area (Å²) in [7, 11) is 0. The highest BCUT2D eigenvalue weighted by molar-refractivity contribution is 5.09. The second-order valence-electron chi connectivity index (χ2n) is 6.80. The van der Waals surface area contributed by atoms with E-state index in [2.05, 4.69) is 20.4 Å². The maximum Gasteiger partial charge on any atom is 0.0910 e. The summed E-state index contributed by atoms with van der Waals surface area (Å²) < 4.78 is 0. The lowest BCUT2D eigenvalue weighted by molar-refractivity contribution is -0.182. The van der Waals surface area contributed by atoms with Crippen molar-refractivity contribution in [2.45, 2.75) is 64.6 Å². The fraction of sp³-hybridized carbons (Fsp3) is 0.867. The van der Waals surface area contributed by atoms with Gasteiger partial charge in [0.05, 0.1) is 11.7 Å². The van der Waals surface area contributed by atoms with Crippen LogP contribution >= 0.6 is 0 Å². The molecule has 0 radical (unpaired) electrons. The van der Waals surface area contributed by atoms with Crippen LogP contribution in [-0.2, 0) is 0 Å². The molecular formula is C15H26O2. The molecule has 0 unspecified atom stereocenters. The van der Waals surface area contributed by atoms with Crippen LogP contribution in [0.4, 0.5) is 0 Å². The highest BCUT2D eigenvalue weighted by atomic mass is 16.3. The van der Waals surface area contributed by atoms with E-state index in [0.717, 1.165) is 25.7 Å². The van der Waals surface area contributed by atoms with Crippen LogP contribution in [0.3, 0.4) is 0 Å². The summed E-state index contributed by atoms with van der Waals surface area (Å²) in [6.45, 7) is 10.3. The lowest BCUT2D eigenvalue weighted by atomic mass is 9.52. The predicted molar refractivity (Wildman–Crippen MR) is 69.6 cm³/mol. The highest BCUT2D eigenvalue weighted by Crippen LogP contribution is 2.56. The van der Waals surface area contributed by atoms with Crippen molar-refractivity contribution in [3.63, 3.8) is 0 Å². The monoisotopic (exact) mass is 238 g/mol. The van der Waals surface area contributed by atoms with Crippen LogP contribution in [0, 0.1) is 17.3 Å². The summed E-state index contributed by atoms with van der Waals surface area (Å²) in [5.41, 5.74) is 0.499. The van der Waals surface area contributed by atoms with E-state index in [-0.39, 0.29) is 11.3 Å². The van der Waals surface area contributed by atoms with Gasteiger partial charge in [-0.2, -0.15) is 0 Å². The lowest BCUT2D eigenvalue weighted by Gasteiger charge is -2.56. The van der Waals surface area contributed by atoms with Crippen molar-refractivity contribution in [2.75, 3.05) is 0 Å². The molecule has 0 heterocycles. The molecule has 2 nitrogen and oxygen atoms in total. The number of allylic oxidation sites excluding steroid dienone is 1. The molecule has 0 amide bonds. The van der Waals surface area contributed by atoms with E-state index >= 15 is 0 Å². The van der Waals surface area contributed by atoms with E-state index in [1.54, 1.807) is 0 Å². The summed E-state index contributed by atoms with van der Waals surface area (Å²) in [4.78, 5) is 0. The van der Waals surface area contributed by atoms with Crippen LogP contribution in [0.15, 0.2) is 12.2 Å². The maximum absolute atomic E-state index is 10.6. The first-order valence-corrected chi connectivity index (χ1v) is 6.83. The molecular weight excluding hydrogens is 212 g/mol. The molecule has 5 atom stereocenters. The van der Waals surface area contributed by atoms with Crippen LogP contribution in [0.1, 0.15) is 52.9 Å². The minimum Gasteiger partial charge on any atom is -0.390 e. The number of aliphatic hydroxyl groups excluding tert-OH is 1. The Morgan fingerprint density at radius 3 is 2.41 bits per heavy atom. The molecule has 2 fully saturated rings. The van der Waals surface area contributed by atoms with Crippen molar-refractivity contribution in [3.05, 3.63) is 12.2 Å². The molecule has 2 aliphatic carbocycles. The molecule has 17 heavy (non-hydrogen) atoms. The summed E-state index contributed by atoms with van der Waals surface area (Å²) in [6, 6.07) is 0. The Kier molecular flexibility index (Phi) is 3.16. The van der Waals surface area contributed by atoms with Crippen LogP contribution in [0.25, 0.3) is 0 Å². The maximum atomic E-state index is 10.6. The van der Waals surface area contributed by atoms with Crippen LogP contribution < -0.4 is 0 Å². The van der Waals surface area contributed by atoms with Gasteiger partial charge in [-0.3, -0.25) is 0 Å². The van der Waals surface area contributed by atoms with Crippen LogP contribution in [0.5, 0.6) is 0 Å². The summed E-state index contributed by atoms with van der Waals surface area (Å²) in [5.74, 6) is 0.721. The standard InChI is InChI=1S/C15H26O2/c1-10(2)11-5-7-14(3)8-6-13(16)15(4,17)12(14)9-11/h11-13,16-17H,1,5-9H2,2-4H3/t11-,12+,13+,14-,15-/m0/s1. The van der Waals surface area contributed by atoms with Gasteiger partial charge >= 0.3 is 0 Å². The first-order valence-electron chi connectivity index (χ1n) is 6.83. The van der Waals surface area contributed by atoms with Crippen LogP contribution in [0.2, 0.25) is 0 Å². The zero-order valence-electron chi connectivity index (χ0n) is 11.4. The third-order valence-electron chi connectivity index (χ3n) is 5.49. The van der Waals surface area contributed by atoms with Crippen molar-refractivity contribution >= 4 is 0 Å². The molecule has 2 heteroatoms. The Morgan fingerprint density at radius 1 is 1.24 bits per heavy atom. The molecule has 2 saturated carbocycles. The summed E-state index contributed by atoms with van der Waals surface area (Å²) in [5, 5.41) is 20.7. The van der Waals surface area contributed by atoms with Gasteiger partial charge in [0, 0.05) is 0 Å². The van der Waals surface area contributed by atoms with Crippen molar-refractivity contribution in [1.29, 1.82) is 0 Å². The second-order valence-corrected chi connectivity index (χ2v) is 6.80. The van der Waals surface area contributed by atoms with E-state index in [4.69, 9.17) is 0 Å². The van der Waals surface area contributed by atoms with E-state index in [0.29, 0.717) is 5.92 Å². The SMILES string of the molecule is C=C(C)[C@H]1CC[C@@]2(C)CC[C@@H](O)[C@@](C)(O)[C@@H]2C1. The Hall–Kier alpha value is -0.340. The number of aliphatic hydroxyl groups is 2. The zero-order valence-corrected chi connectivity index (χ0v) is 11.4. The third kappa shape index (κ3) is 2.06. The molecule has 0 saturated heterocycles. The number of rotatable bonds is 1. The van der Waals surface area contributed by atoms with Gasteiger partial charge in [-0.1, -0.05) is 19.1 Å².